The number of hydrogen-bond donors (Lipinski definition) is 0. The van der Waals surface area contributed by atoms with Gasteiger partial charge in [0.1, 0.15) is 22.8 Å². The van der Waals surface area contributed by atoms with Gasteiger partial charge in [-0.15, -0.1) is 0 Å². The summed E-state index contributed by atoms with van der Waals surface area (Å²) in [6, 6.07) is 21.4. The van der Waals surface area contributed by atoms with Crippen LogP contribution in [0.3, 0.4) is 0 Å². The Morgan fingerprint density at radius 1 is 0.821 bits per heavy atom. The van der Waals surface area contributed by atoms with E-state index in [4.69, 9.17) is 14.2 Å². The molecular weight excluding hydrogens is 366 g/mol. The summed E-state index contributed by atoms with van der Waals surface area (Å²) < 4.78 is 16.1. The Balaban J connectivity index is 0.00000210. The second-order valence-corrected chi connectivity index (χ2v) is 7.02. The van der Waals surface area contributed by atoms with Gasteiger partial charge >= 0.3 is 18.9 Å². The topological polar surface area (TPSA) is 44.8 Å². The van der Waals surface area contributed by atoms with Crippen molar-refractivity contribution in [2.45, 2.75) is 0 Å². The number of benzene rings is 3. The molecule has 0 radical (unpaired) electrons. The molecule has 28 heavy (non-hydrogen) atoms. The van der Waals surface area contributed by atoms with Gasteiger partial charge in [-0.1, -0.05) is 54.6 Å². The first-order valence-electron chi connectivity index (χ1n) is 8.43. The first-order valence-corrected chi connectivity index (χ1v) is 9.43. The van der Waals surface area contributed by atoms with Gasteiger partial charge in [0.2, 0.25) is 0 Å². The van der Waals surface area contributed by atoms with E-state index in [0.717, 1.165) is 16.4 Å². The Bertz CT molecular complexity index is 926. The average Bonchev–Trinajstić information content (AvgIpc) is 2.73. The summed E-state index contributed by atoms with van der Waals surface area (Å²) in [5, 5.41) is 0.980. The van der Waals surface area contributed by atoms with E-state index in [9.17, 15) is 4.79 Å². The predicted octanol–water partition coefficient (Wildman–Crippen LogP) is 1.64. The number of hydrogen-bond acceptors (Lipinski definition) is 4. The fraction of sp³-hybridized carbons (Fsp3) is 0.136. The molecule has 0 aromatic heterocycles. The van der Waals surface area contributed by atoms with E-state index in [-0.39, 0.29) is 34.4 Å². The predicted molar refractivity (Wildman–Crippen MR) is 111 cm³/mol. The summed E-state index contributed by atoms with van der Waals surface area (Å²) in [7, 11) is 4.57. The molecule has 1 atom stereocenters. The zero-order valence-electron chi connectivity index (χ0n) is 17.5. The van der Waals surface area contributed by atoms with Gasteiger partial charge < -0.3 is 15.6 Å². The maximum absolute atomic E-state index is 13.2. The molecule has 0 heterocycles. The monoisotopic (exact) mass is 388 g/mol. The van der Waals surface area contributed by atoms with Crippen molar-refractivity contribution >= 4 is 19.4 Å². The molecule has 0 N–H and O–H groups in total. The molecule has 6 heteroatoms. The fourth-order valence-electron chi connectivity index (χ4n) is 2.88. The molecule has 140 valence electrons. The Hall–Kier alpha value is -2.24. The molecule has 0 aliphatic rings. The van der Waals surface area contributed by atoms with Gasteiger partial charge in [0, 0.05) is 12.1 Å². The molecule has 1 unspecified atom stereocenters. The van der Waals surface area contributed by atoms with Crippen LogP contribution in [0, 0.1) is 0 Å². The normalized spacial score (nSPS) is 10.4. The molecule has 0 fully saturated rings. The minimum atomic E-state index is -0.0634. The van der Waals surface area contributed by atoms with Crippen LogP contribution in [-0.4, -0.2) is 26.9 Å². The van der Waals surface area contributed by atoms with Crippen molar-refractivity contribution in [3.05, 3.63) is 72.3 Å². The van der Waals surface area contributed by atoms with E-state index >= 15 is 0 Å². The quantitative estimate of drug-likeness (QED) is 0.456. The summed E-state index contributed by atoms with van der Waals surface area (Å²) in [5.74, 6) is 1.47. The Morgan fingerprint density at radius 3 is 1.96 bits per heavy atom. The maximum atomic E-state index is 13.2. The van der Waals surface area contributed by atoms with Gasteiger partial charge in [-0.3, -0.25) is 4.79 Å². The van der Waals surface area contributed by atoms with E-state index < -0.39 is 0 Å². The molecule has 0 aliphatic carbocycles. The van der Waals surface area contributed by atoms with Crippen molar-refractivity contribution in [3.8, 4) is 28.4 Å². The van der Waals surface area contributed by atoms with Crippen LogP contribution in [0.4, 0.5) is 0 Å². The summed E-state index contributed by atoms with van der Waals surface area (Å²) in [5.41, 5.74) is 2.52. The van der Waals surface area contributed by atoms with E-state index in [1.54, 1.807) is 19.2 Å². The van der Waals surface area contributed by atoms with Crippen LogP contribution in [0.25, 0.3) is 11.1 Å². The largest absolute Gasteiger partial charge is 1.00 e. The third-order valence-electron chi connectivity index (χ3n) is 4.20. The van der Waals surface area contributed by atoms with Crippen molar-refractivity contribution in [3.63, 3.8) is 0 Å². The maximum Gasteiger partial charge on any atom is 1.00 e. The van der Waals surface area contributed by atoms with Crippen molar-refractivity contribution in [2.24, 2.45) is 0 Å². The van der Waals surface area contributed by atoms with Gasteiger partial charge in [-0.05, 0) is 25.0 Å². The molecule has 0 bridgehead atoms. The fourth-order valence-corrected chi connectivity index (χ4v) is 4.03. The van der Waals surface area contributed by atoms with E-state index in [1.165, 1.54) is 14.2 Å². The molecule has 0 spiro atoms. The molecule has 3 rings (SSSR count). The zero-order valence-corrected chi connectivity index (χ0v) is 17.5. The standard InChI is InChI=1S/C22H21O4P.Li.H/c1-24-16-13-18(25-2)21(19(14-16)26-3)22(23)27-20-12-8-7-11-17(20)15-9-5-4-6-10-15;;/h4-14,27H,1-3H3;;/q;+1;-1. The number of carbonyl (C=O) groups is 1. The second-order valence-electron chi connectivity index (χ2n) is 5.77. The Labute approximate surface area is 180 Å². The van der Waals surface area contributed by atoms with Gasteiger partial charge in [-0.25, -0.2) is 0 Å². The SMILES string of the molecule is COc1cc(OC)c(C(=O)Pc2ccccc2-c2ccccc2)c(OC)c1.[H-].[Li+]. The summed E-state index contributed by atoms with van der Waals surface area (Å²) in [4.78, 5) is 13.2. The van der Waals surface area contributed by atoms with Crippen molar-refractivity contribution in [1.29, 1.82) is 0 Å². The Kier molecular flexibility index (Phi) is 8.14. The third kappa shape index (κ3) is 4.78. The van der Waals surface area contributed by atoms with Gasteiger partial charge in [0.15, 0.2) is 5.52 Å². The van der Waals surface area contributed by atoms with Gasteiger partial charge in [-0.2, -0.15) is 0 Å². The van der Waals surface area contributed by atoms with E-state index in [2.05, 4.69) is 0 Å². The number of ether oxygens (including phenoxy) is 3. The number of methoxy groups -OCH3 is 3. The molecule has 3 aromatic rings. The van der Waals surface area contributed by atoms with Crippen LogP contribution in [0.2, 0.25) is 0 Å². The zero-order chi connectivity index (χ0) is 19.2. The summed E-state index contributed by atoms with van der Waals surface area (Å²) >= 11 is 0. The molecule has 4 nitrogen and oxygen atoms in total. The number of carbonyl (C=O) groups excluding carboxylic acids is 1. The summed E-state index contributed by atoms with van der Waals surface area (Å²) in [6.07, 6.45) is 0. The Morgan fingerprint density at radius 2 is 1.39 bits per heavy atom. The molecule has 0 saturated heterocycles. The molecule has 0 saturated carbocycles. The molecular formula is C22H22LiO4P. The summed E-state index contributed by atoms with van der Waals surface area (Å²) in [6.45, 7) is 0. The van der Waals surface area contributed by atoms with Gasteiger partial charge in [0.25, 0.3) is 0 Å². The first kappa shape index (κ1) is 22.1. The van der Waals surface area contributed by atoms with E-state index in [1.807, 2.05) is 54.6 Å². The van der Waals surface area contributed by atoms with Crippen LogP contribution < -0.4 is 38.4 Å². The van der Waals surface area contributed by atoms with Gasteiger partial charge in [0.05, 0.1) is 21.3 Å². The van der Waals surface area contributed by atoms with Crippen LogP contribution in [0.1, 0.15) is 11.8 Å². The van der Waals surface area contributed by atoms with E-state index in [0.29, 0.717) is 22.8 Å². The van der Waals surface area contributed by atoms with Crippen LogP contribution in [0.15, 0.2) is 66.7 Å². The van der Waals surface area contributed by atoms with Crippen molar-refractivity contribution in [2.75, 3.05) is 21.3 Å². The minimum Gasteiger partial charge on any atom is -1.00 e. The molecule has 3 aromatic carbocycles. The van der Waals surface area contributed by atoms with Crippen molar-refractivity contribution < 1.29 is 39.3 Å². The minimum absolute atomic E-state index is 0. The van der Waals surface area contributed by atoms with Crippen molar-refractivity contribution in [1.82, 2.24) is 0 Å². The first-order chi connectivity index (χ1) is 13.2. The third-order valence-corrected chi connectivity index (χ3v) is 5.38. The number of rotatable bonds is 7. The molecule has 0 aliphatic heterocycles. The van der Waals surface area contributed by atoms with Crippen LogP contribution >= 0.6 is 8.58 Å². The average molecular weight is 388 g/mol. The second kappa shape index (κ2) is 10.3. The smallest absolute Gasteiger partial charge is 1.00 e. The van der Waals surface area contributed by atoms with Crippen LogP contribution in [0.5, 0.6) is 17.2 Å². The van der Waals surface area contributed by atoms with Crippen LogP contribution in [-0.2, 0) is 0 Å². The molecule has 0 amide bonds.